The molecule has 2 amide bonds. The number of methoxy groups -OCH3 is 1. The van der Waals surface area contributed by atoms with Crippen LogP contribution in [0.2, 0.25) is 0 Å². The number of hydrogen-bond acceptors (Lipinski definition) is 4. The molecule has 0 aliphatic rings. The molecule has 1 heterocycles. The van der Waals surface area contributed by atoms with Crippen LogP contribution in [0.1, 0.15) is 16.8 Å². The number of urea groups is 1. The Morgan fingerprint density at radius 3 is 2.31 bits per heavy atom. The summed E-state index contributed by atoms with van der Waals surface area (Å²) in [6, 6.07) is 21.0. The van der Waals surface area contributed by atoms with E-state index >= 15 is 0 Å². The minimum atomic E-state index is -0.128. The third-order valence-electron chi connectivity index (χ3n) is 4.41. The van der Waals surface area contributed by atoms with Gasteiger partial charge in [0.15, 0.2) is 0 Å². The van der Waals surface area contributed by atoms with Gasteiger partial charge in [0.25, 0.3) is 0 Å². The summed E-state index contributed by atoms with van der Waals surface area (Å²) in [5.74, 6) is 1.57. The first-order chi connectivity index (χ1) is 14.1. The van der Waals surface area contributed by atoms with Gasteiger partial charge in [0.05, 0.1) is 12.8 Å². The van der Waals surface area contributed by atoms with Crippen LogP contribution in [0.25, 0.3) is 0 Å². The number of nitrogens with one attached hydrogen (secondary N) is 1. The standard InChI is InChI=1S/C23H25N3O3/c1-26(16-19-8-10-21(28-2)11-9-19)23(27)25-15-18-6-12-22(13-7-18)29-17-20-5-3-4-14-24-20/h3-14H,15-17H2,1-2H3,(H,25,27). The van der Waals surface area contributed by atoms with E-state index in [4.69, 9.17) is 9.47 Å². The summed E-state index contributed by atoms with van der Waals surface area (Å²) in [5.41, 5.74) is 2.92. The first-order valence-corrected chi connectivity index (χ1v) is 9.37. The highest BCUT2D eigenvalue weighted by molar-refractivity contribution is 5.73. The second kappa shape index (κ2) is 10.1. The number of nitrogens with zero attached hydrogens (tertiary/aromatic N) is 2. The molecule has 0 aliphatic carbocycles. The highest BCUT2D eigenvalue weighted by Crippen LogP contribution is 2.14. The van der Waals surface area contributed by atoms with Gasteiger partial charge in [-0.3, -0.25) is 4.98 Å². The summed E-state index contributed by atoms with van der Waals surface area (Å²) in [4.78, 5) is 18.2. The Morgan fingerprint density at radius 2 is 1.66 bits per heavy atom. The van der Waals surface area contributed by atoms with Gasteiger partial charge in [0.1, 0.15) is 18.1 Å². The maximum Gasteiger partial charge on any atom is 0.317 e. The van der Waals surface area contributed by atoms with Crippen molar-refractivity contribution in [2.45, 2.75) is 19.7 Å². The molecule has 0 bridgehead atoms. The first-order valence-electron chi connectivity index (χ1n) is 9.37. The average molecular weight is 391 g/mol. The monoisotopic (exact) mass is 391 g/mol. The van der Waals surface area contributed by atoms with E-state index in [1.54, 1.807) is 25.3 Å². The molecule has 150 valence electrons. The van der Waals surface area contributed by atoms with Gasteiger partial charge in [-0.2, -0.15) is 0 Å². The first kappa shape index (κ1) is 20.2. The lowest BCUT2D eigenvalue weighted by Gasteiger charge is -2.18. The van der Waals surface area contributed by atoms with E-state index in [2.05, 4.69) is 10.3 Å². The SMILES string of the molecule is COc1ccc(CN(C)C(=O)NCc2ccc(OCc3ccccn3)cc2)cc1. The predicted molar refractivity (Wildman–Crippen MR) is 112 cm³/mol. The minimum Gasteiger partial charge on any atom is -0.497 e. The van der Waals surface area contributed by atoms with Crippen molar-refractivity contribution in [3.63, 3.8) is 0 Å². The van der Waals surface area contributed by atoms with Gasteiger partial charge in [-0.1, -0.05) is 30.3 Å². The molecule has 6 nitrogen and oxygen atoms in total. The lowest BCUT2D eigenvalue weighted by atomic mass is 10.2. The molecule has 1 N–H and O–H groups in total. The van der Waals surface area contributed by atoms with Crippen LogP contribution >= 0.6 is 0 Å². The predicted octanol–water partition coefficient (Wildman–Crippen LogP) is 4.01. The molecule has 3 aromatic rings. The van der Waals surface area contributed by atoms with Crippen LogP contribution in [0.15, 0.2) is 72.9 Å². The van der Waals surface area contributed by atoms with Crippen molar-refractivity contribution in [1.29, 1.82) is 0 Å². The summed E-state index contributed by atoms with van der Waals surface area (Å²) < 4.78 is 10.9. The summed E-state index contributed by atoms with van der Waals surface area (Å²) in [6.45, 7) is 1.40. The third kappa shape index (κ3) is 6.24. The molecule has 0 aliphatic heterocycles. The summed E-state index contributed by atoms with van der Waals surface area (Å²) >= 11 is 0. The van der Waals surface area contributed by atoms with Crippen molar-refractivity contribution in [2.75, 3.05) is 14.2 Å². The Labute approximate surface area is 171 Å². The molecular formula is C23H25N3O3. The zero-order valence-electron chi connectivity index (χ0n) is 16.7. The zero-order chi connectivity index (χ0) is 20.5. The number of ether oxygens (including phenoxy) is 2. The van der Waals surface area contributed by atoms with Crippen molar-refractivity contribution in [2.24, 2.45) is 0 Å². The van der Waals surface area contributed by atoms with Gasteiger partial charge in [-0.15, -0.1) is 0 Å². The van der Waals surface area contributed by atoms with E-state index in [-0.39, 0.29) is 6.03 Å². The van der Waals surface area contributed by atoms with Crippen LogP contribution in [0.3, 0.4) is 0 Å². The summed E-state index contributed by atoms with van der Waals surface area (Å²) in [5, 5.41) is 2.93. The number of carbonyl (C=O) groups is 1. The second-order valence-electron chi connectivity index (χ2n) is 6.62. The van der Waals surface area contributed by atoms with Crippen molar-refractivity contribution in [3.05, 3.63) is 89.7 Å². The molecule has 2 aromatic carbocycles. The molecular weight excluding hydrogens is 366 g/mol. The van der Waals surface area contributed by atoms with Gasteiger partial charge >= 0.3 is 6.03 Å². The molecule has 0 radical (unpaired) electrons. The van der Waals surface area contributed by atoms with E-state index in [1.165, 1.54) is 0 Å². The van der Waals surface area contributed by atoms with E-state index in [0.717, 1.165) is 28.3 Å². The van der Waals surface area contributed by atoms with Crippen molar-refractivity contribution >= 4 is 6.03 Å². The maximum absolute atomic E-state index is 12.3. The van der Waals surface area contributed by atoms with E-state index in [1.807, 2.05) is 66.7 Å². The Bertz CT molecular complexity index is 897. The van der Waals surface area contributed by atoms with Crippen molar-refractivity contribution in [1.82, 2.24) is 15.2 Å². The highest BCUT2D eigenvalue weighted by atomic mass is 16.5. The van der Waals surface area contributed by atoms with Crippen LogP contribution in [0.4, 0.5) is 4.79 Å². The van der Waals surface area contributed by atoms with Gasteiger partial charge < -0.3 is 19.7 Å². The fourth-order valence-corrected chi connectivity index (χ4v) is 2.73. The number of hydrogen-bond donors (Lipinski definition) is 1. The number of pyridine rings is 1. The fourth-order valence-electron chi connectivity index (χ4n) is 2.73. The largest absolute Gasteiger partial charge is 0.497 e. The number of amides is 2. The minimum absolute atomic E-state index is 0.128. The number of benzene rings is 2. The van der Waals surface area contributed by atoms with Gasteiger partial charge in [-0.25, -0.2) is 4.79 Å². The molecule has 29 heavy (non-hydrogen) atoms. The quantitative estimate of drug-likeness (QED) is 0.630. The molecule has 0 saturated carbocycles. The van der Waals surface area contributed by atoms with Crippen LogP contribution in [0, 0.1) is 0 Å². The lowest BCUT2D eigenvalue weighted by molar-refractivity contribution is 0.206. The topological polar surface area (TPSA) is 63.7 Å². The highest BCUT2D eigenvalue weighted by Gasteiger charge is 2.09. The lowest BCUT2D eigenvalue weighted by Crippen LogP contribution is -2.36. The Hall–Kier alpha value is -3.54. The van der Waals surface area contributed by atoms with Crippen molar-refractivity contribution in [3.8, 4) is 11.5 Å². The van der Waals surface area contributed by atoms with E-state index in [0.29, 0.717) is 19.7 Å². The molecule has 0 unspecified atom stereocenters. The number of aromatic nitrogens is 1. The smallest absolute Gasteiger partial charge is 0.317 e. The third-order valence-corrected chi connectivity index (χ3v) is 4.41. The van der Waals surface area contributed by atoms with Crippen LogP contribution < -0.4 is 14.8 Å². The van der Waals surface area contributed by atoms with Gasteiger partial charge in [-0.05, 0) is 47.5 Å². The van der Waals surface area contributed by atoms with Crippen LogP contribution in [0.5, 0.6) is 11.5 Å². The van der Waals surface area contributed by atoms with Crippen molar-refractivity contribution < 1.29 is 14.3 Å². The second-order valence-corrected chi connectivity index (χ2v) is 6.62. The van der Waals surface area contributed by atoms with Gasteiger partial charge in [0.2, 0.25) is 0 Å². The summed E-state index contributed by atoms with van der Waals surface area (Å²) in [6.07, 6.45) is 1.75. The number of carbonyl (C=O) groups excluding carboxylic acids is 1. The molecule has 0 spiro atoms. The van der Waals surface area contributed by atoms with E-state index in [9.17, 15) is 4.79 Å². The molecule has 1 aromatic heterocycles. The Kier molecular flexibility index (Phi) is 7.05. The average Bonchev–Trinajstić information content (AvgIpc) is 2.78. The Balaban J connectivity index is 1.44. The number of rotatable bonds is 8. The Morgan fingerprint density at radius 1 is 0.966 bits per heavy atom. The molecule has 0 saturated heterocycles. The van der Waals surface area contributed by atoms with Crippen LogP contribution in [-0.2, 0) is 19.7 Å². The van der Waals surface area contributed by atoms with Crippen LogP contribution in [-0.4, -0.2) is 30.1 Å². The molecule has 6 heteroatoms. The molecule has 3 rings (SSSR count). The molecule has 0 atom stereocenters. The van der Waals surface area contributed by atoms with E-state index < -0.39 is 0 Å². The normalized spacial score (nSPS) is 10.3. The fraction of sp³-hybridized carbons (Fsp3) is 0.217. The zero-order valence-corrected chi connectivity index (χ0v) is 16.7. The summed E-state index contributed by atoms with van der Waals surface area (Å²) in [7, 11) is 3.40. The van der Waals surface area contributed by atoms with Gasteiger partial charge in [0, 0.05) is 26.3 Å². The maximum atomic E-state index is 12.3. The molecule has 0 fully saturated rings.